The average molecular weight is 275 g/mol. The lowest BCUT2D eigenvalue weighted by Crippen LogP contribution is -2.22. The highest BCUT2D eigenvalue weighted by Gasteiger charge is 2.25. The first-order chi connectivity index (χ1) is 9.20. The second-order valence-corrected chi connectivity index (χ2v) is 6.60. The van der Waals surface area contributed by atoms with E-state index in [1.807, 2.05) is 11.8 Å². The van der Waals surface area contributed by atoms with Crippen molar-refractivity contribution in [3.8, 4) is 0 Å². The summed E-state index contributed by atoms with van der Waals surface area (Å²) in [5.41, 5.74) is 9.72. The molecule has 2 unspecified atom stereocenters. The van der Waals surface area contributed by atoms with E-state index in [0.29, 0.717) is 12.0 Å². The van der Waals surface area contributed by atoms with E-state index in [0.717, 1.165) is 10.8 Å². The van der Waals surface area contributed by atoms with E-state index in [4.69, 9.17) is 5.73 Å². The molecule has 1 aromatic heterocycles. The first kappa shape index (κ1) is 12.9. The van der Waals surface area contributed by atoms with E-state index in [1.54, 1.807) is 0 Å². The first-order valence-electron chi connectivity index (χ1n) is 6.96. The minimum absolute atomic E-state index is 0.511. The molecule has 2 aromatic rings. The lowest BCUT2D eigenvalue weighted by atomic mass is 9.94. The molecule has 0 saturated heterocycles. The number of fused-ring (bicyclic) bond motifs is 1. The summed E-state index contributed by atoms with van der Waals surface area (Å²) in [7, 11) is 0. The number of imidazole rings is 1. The smallest absolute Gasteiger partial charge is 0.201 e. The normalized spacial score (nSPS) is 23.9. The van der Waals surface area contributed by atoms with Crippen molar-refractivity contribution in [2.45, 2.75) is 43.9 Å². The van der Waals surface area contributed by atoms with Crippen LogP contribution in [0, 0.1) is 6.92 Å². The highest BCUT2D eigenvalue weighted by atomic mass is 32.2. The quantitative estimate of drug-likeness (QED) is 0.907. The molecular formula is C15H21N3S. The molecule has 102 valence electrons. The van der Waals surface area contributed by atoms with E-state index in [9.17, 15) is 0 Å². The molecule has 1 heterocycles. The van der Waals surface area contributed by atoms with Gasteiger partial charge in [-0.25, -0.2) is 4.98 Å². The van der Waals surface area contributed by atoms with Crippen LogP contribution in [0.25, 0.3) is 11.0 Å². The summed E-state index contributed by atoms with van der Waals surface area (Å²) >= 11 is 1.99. The molecule has 1 aliphatic rings. The monoisotopic (exact) mass is 275 g/mol. The molecule has 0 spiro atoms. The summed E-state index contributed by atoms with van der Waals surface area (Å²) in [6.45, 7) is 2.15. The van der Waals surface area contributed by atoms with Crippen LogP contribution in [0.1, 0.15) is 37.3 Å². The molecule has 19 heavy (non-hydrogen) atoms. The van der Waals surface area contributed by atoms with Crippen molar-refractivity contribution in [3.63, 3.8) is 0 Å². The molecule has 3 nitrogen and oxygen atoms in total. The van der Waals surface area contributed by atoms with Crippen molar-refractivity contribution in [1.82, 2.24) is 9.55 Å². The van der Waals surface area contributed by atoms with E-state index in [1.165, 1.54) is 36.8 Å². The number of aromatic nitrogens is 2. The van der Waals surface area contributed by atoms with Gasteiger partial charge in [0.05, 0.1) is 11.0 Å². The Labute approximate surface area is 118 Å². The van der Waals surface area contributed by atoms with Crippen molar-refractivity contribution in [2.75, 3.05) is 12.0 Å². The summed E-state index contributed by atoms with van der Waals surface area (Å²) in [6.07, 6.45) is 7.28. The Morgan fingerprint density at radius 3 is 3.00 bits per heavy atom. The second-order valence-electron chi connectivity index (χ2n) is 5.46. The van der Waals surface area contributed by atoms with Crippen molar-refractivity contribution < 1.29 is 0 Å². The number of hydrogen-bond acceptors (Lipinski definition) is 3. The molecule has 1 aromatic carbocycles. The Morgan fingerprint density at radius 2 is 2.21 bits per heavy atom. The van der Waals surface area contributed by atoms with Crippen LogP contribution in [-0.4, -0.2) is 21.1 Å². The highest BCUT2D eigenvalue weighted by molar-refractivity contribution is 7.99. The fourth-order valence-electron chi connectivity index (χ4n) is 3.28. The maximum atomic E-state index is 6.19. The van der Waals surface area contributed by atoms with Gasteiger partial charge in [0, 0.05) is 11.3 Å². The predicted molar refractivity (Wildman–Crippen MR) is 83.7 cm³/mol. The molecule has 0 amide bonds. The van der Waals surface area contributed by atoms with Crippen LogP contribution < -0.4 is 5.73 Å². The zero-order valence-electron chi connectivity index (χ0n) is 11.6. The number of para-hydroxylation sites is 1. The lowest BCUT2D eigenvalue weighted by Gasteiger charge is -2.30. The van der Waals surface area contributed by atoms with Crippen molar-refractivity contribution >= 4 is 28.7 Å². The molecule has 3 rings (SSSR count). The number of rotatable bonds is 2. The maximum absolute atomic E-state index is 6.19. The summed E-state index contributed by atoms with van der Waals surface area (Å²) < 4.78 is 2.28. The third-order valence-electron chi connectivity index (χ3n) is 4.24. The zero-order valence-corrected chi connectivity index (χ0v) is 12.4. The van der Waals surface area contributed by atoms with Gasteiger partial charge in [-0.1, -0.05) is 18.6 Å². The van der Waals surface area contributed by atoms with Crippen LogP contribution in [-0.2, 0) is 0 Å². The van der Waals surface area contributed by atoms with E-state index in [2.05, 4.69) is 40.9 Å². The van der Waals surface area contributed by atoms with Gasteiger partial charge in [0.2, 0.25) is 5.95 Å². The largest absolute Gasteiger partial charge is 0.369 e. The number of nitrogen functional groups attached to an aromatic ring is 1. The van der Waals surface area contributed by atoms with Gasteiger partial charge >= 0.3 is 0 Å². The Kier molecular flexibility index (Phi) is 3.44. The van der Waals surface area contributed by atoms with E-state index >= 15 is 0 Å². The van der Waals surface area contributed by atoms with Crippen LogP contribution in [0.3, 0.4) is 0 Å². The van der Waals surface area contributed by atoms with Crippen molar-refractivity contribution in [1.29, 1.82) is 0 Å². The number of anilines is 1. The fourth-order valence-corrected chi connectivity index (χ4v) is 4.09. The number of benzene rings is 1. The number of thioether (sulfide) groups is 1. The molecular weight excluding hydrogens is 254 g/mol. The molecule has 1 saturated carbocycles. The molecule has 1 aliphatic carbocycles. The molecule has 2 N–H and O–H groups in total. The Balaban J connectivity index is 2.06. The number of hydrogen-bond donors (Lipinski definition) is 1. The Hall–Kier alpha value is -1.16. The first-order valence-corrected chi connectivity index (χ1v) is 8.25. The molecule has 1 fully saturated rings. The SMILES string of the molecule is CSC1CCCC(n2c(N)nc3cccc(C)c32)C1. The minimum Gasteiger partial charge on any atom is -0.369 e. The third kappa shape index (κ3) is 2.22. The Bertz CT molecular complexity index is 590. The van der Waals surface area contributed by atoms with Crippen molar-refractivity contribution in [3.05, 3.63) is 23.8 Å². The van der Waals surface area contributed by atoms with Crippen molar-refractivity contribution in [2.24, 2.45) is 0 Å². The second kappa shape index (κ2) is 5.08. The van der Waals surface area contributed by atoms with Crippen LogP contribution in [0.2, 0.25) is 0 Å². The Morgan fingerprint density at radius 1 is 1.37 bits per heavy atom. The van der Waals surface area contributed by atoms with Gasteiger partial charge in [0.1, 0.15) is 0 Å². The molecule has 0 bridgehead atoms. The zero-order chi connectivity index (χ0) is 13.4. The van der Waals surface area contributed by atoms with Crippen LogP contribution in [0.4, 0.5) is 5.95 Å². The van der Waals surface area contributed by atoms with Crippen LogP contribution in [0.15, 0.2) is 18.2 Å². The standard InChI is InChI=1S/C15H21N3S/c1-10-5-3-8-13-14(10)18(15(16)17-13)11-6-4-7-12(9-11)19-2/h3,5,8,11-12H,4,6-7,9H2,1-2H3,(H2,16,17). The summed E-state index contributed by atoms with van der Waals surface area (Å²) in [5, 5.41) is 0.764. The van der Waals surface area contributed by atoms with E-state index < -0.39 is 0 Å². The van der Waals surface area contributed by atoms with Gasteiger partial charge in [0.15, 0.2) is 0 Å². The molecule has 4 heteroatoms. The predicted octanol–water partition coefficient (Wildman–Crippen LogP) is 3.77. The maximum Gasteiger partial charge on any atom is 0.201 e. The van der Waals surface area contributed by atoms with Crippen LogP contribution in [0.5, 0.6) is 0 Å². The summed E-state index contributed by atoms with van der Waals surface area (Å²) in [5.74, 6) is 0.677. The fraction of sp³-hybridized carbons (Fsp3) is 0.533. The number of aryl methyl sites for hydroxylation is 1. The number of nitrogens with two attached hydrogens (primary N) is 1. The minimum atomic E-state index is 0.511. The van der Waals surface area contributed by atoms with Crippen LogP contribution >= 0.6 is 11.8 Å². The van der Waals surface area contributed by atoms with Gasteiger partial charge in [0.25, 0.3) is 0 Å². The third-order valence-corrected chi connectivity index (χ3v) is 5.33. The average Bonchev–Trinajstić information content (AvgIpc) is 2.76. The van der Waals surface area contributed by atoms with Gasteiger partial charge in [-0.3, -0.25) is 0 Å². The molecule has 0 aliphatic heterocycles. The summed E-state index contributed by atoms with van der Waals surface area (Å²) in [6, 6.07) is 6.77. The summed E-state index contributed by atoms with van der Waals surface area (Å²) in [4.78, 5) is 4.53. The highest BCUT2D eigenvalue weighted by Crippen LogP contribution is 2.37. The van der Waals surface area contributed by atoms with Gasteiger partial charge < -0.3 is 10.3 Å². The van der Waals surface area contributed by atoms with Gasteiger partial charge in [-0.2, -0.15) is 11.8 Å². The topological polar surface area (TPSA) is 43.8 Å². The number of nitrogens with zero attached hydrogens (tertiary/aromatic N) is 2. The molecule has 0 radical (unpaired) electrons. The lowest BCUT2D eigenvalue weighted by molar-refractivity contribution is 0.371. The van der Waals surface area contributed by atoms with E-state index in [-0.39, 0.29) is 0 Å². The van der Waals surface area contributed by atoms with Gasteiger partial charge in [-0.05, 0) is 44.1 Å². The molecule has 2 atom stereocenters. The van der Waals surface area contributed by atoms with Gasteiger partial charge in [-0.15, -0.1) is 0 Å².